The predicted molar refractivity (Wildman–Crippen MR) is 118 cm³/mol. The van der Waals surface area contributed by atoms with E-state index in [-0.39, 0.29) is 11.7 Å². The monoisotopic (exact) mass is 435 g/mol. The molecule has 0 saturated carbocycles. The van der Waals surface area contributed by atoms with Crippen molar-refractivity contribution in [3.63, 3.8) is 0 Å². The van der Waals surface area contributed by atoms with E-state index in [1.807, 2.05) is 18.2 Å². The van der Waals surface area contributed by atoms with Gasteiger partial charge in [-0.15, -0.1) is 0 Å². The van der Waals surface area contributed by atoms with Crippen molar-refractivity contribution in [1.29, 1.82) is 0 Å². The third kappa shape index (κ3) is 5.49. The quantitative estimate of drug-likeness (QED) is 0.413. The van der Waals surface area contributed by atoms with Crippen molar-refractivity contribution in [2.24, 2.45) is 0 Å². The topological polar surface area (TPSA) is 56.2 Å². The van der Waals surface area contributed by atoms with Crippen LogP contribution in [0.4, 0.5) is 10.1 Å². The van der Waals surface area contributed by atoms with Gasteiger partial charge in [0.25, 0.3) is 5.91 Å². The molecule has 0 aliphatic carbocycles. The van der Waals surface area contributed by atoms with Crippen LogP contribution in [-0.4, -0.2) is 15.7 Å². The molecule has 0 radical (unpaired) electrons. The van der Waals surface area contributed by atoms with Crippen LogP contribution in [0.3, 0.4) is 0 Å². The number of hydrogen-bond acceptors (Lipinski definition) is 3. The van der Waals surface area contributed by atoms with E-state index in [2.05, 4.69) is 10.4 Å². The van der Waals surface area contributed by atoms with Gasteiger partial charge in [-0.3, -0.25) is 9.48 Å². The summed E-state index contributed by atoms with van der Waals surface area (Å²) in [4.78, 5) is 12.6. The molecule has 0 spiro atoms. The molecule has 1 aromatic heterocycles. The number of amides is 1. The number of anilines is 1. The van der Waals surface area contributed by atoms with Crippen LogP contribution in [0.15, 0.2) is 85.2 Å². The molecule has 1 heterocycles. The maximum absolute atomic E-state index is 13.0. The summed E-state index contributed by atoms with van der Waals surface area (Å²) in [6.45, 7) is 0.769. The van der Waals surface area contributed by atoms with E-state index in [1.54, 1.807) is 59.5 Å². The molecule has 0 atom stereocenters. The molecular formula is C24H19ClFN3O2. The number of nitrogens with one attached hydrogen (secondary N) is 1. The molecule has 0 fully saturated rings. The fraction of sp³-hybridized carbons (Fsp3) is 0.0833. The van der Waals surface area contributed by atoms with Crippen LogP contribution in [0, 0.1) is 5.82 Å². The SMILES string of the molecule is O=C(Nc1cnn(Cc2ccc(F)cc2)c1)c1cccc(COc2ccccc2Cl)c1. The molecule has 0 aliphatic heterocycles. The van der Waals surface area contributed by atoms with E-state index < -0.39 is 0 Å². The number of nitrogens with zero attached hydrogens (tertiary/aromatic N) is 2. The molecule has 0 bridgehead atoms. The lowest BCUT2D eigenvalue weighted by molar-refractivity contribution is 0.102. The number of carbonyl (C=O) groups excluding carboxylic acids is 1. The van der Waals surface area contributed by atoms with Gasteiger partial charge in [-0.1, -0.05) is 48.0 Å². The maximum atomic E-state index is 13.0. The zero-order chi connectivity index (χ0) is 21.6. The fourth-order valence-corrected chi connectivity index (χ4v) is 3.21. The minimum absolute atomic E-state index is 0.249. The summed E-state index contributed by atoms with van der Waals surface area (Å²) in [6, 6.07) is 20.6. The largest absolute Gasteiger partial charge is 0.487 e. The molecule has 4 aromatic rings. The van der Waals surface area contributed by atoms with E-state index >= 15 is 0 Å². The number of aromatic nitrogens is 2. The van der Waals surface area contributed by atoms with Crippen LogP contribution >= 0.6 is 11.6 Å². The van der Waals surface area contributed by atoms with Gasteiger partial charge in [0.15, 0.2) is 0 Å². The summed E-state index contributed by atoms with van der Waals surface area (Å²) in [5.41, 5.74) is 2.84. The van der Waals surface area contributed by atoms with E-state index in [4.69, 9.17) is 16.3 Å². The van der Waals surface area contributed by atoms with Crippen LogP contribution in [0.5, 0.6) is 5.75 Å². The van der Waals surface area contributed by atoms with Gasteiger partial charge in [-0.2, -0.15) is 5.10 Å². The molecule has 4 rings (SSSR count). The molecule has 31 heavy (non-hydrogen) atoms. The van der Waals surface area contributed by atoms with Crippen molar-refractivity contribution in [3.8, 4) is 5.75 Å². The van der Waals surface area contributed by atoms with Crippen molar-refractivity contribution in [2.75, 3.05) is 5.32 Å². The highest BCUT2D eigenvalue weighted by atomic mass is 35.5. The van der Waals surface area contributed by atoms with Crippen molar-refractivity contribution in [2.45, 2.75) is 13.2 Å². The highest BCUT2D eigenvalue weighted by Crippen LogP contribution is 2.24. The van der Waals surface area contributed by atoms with Gasteiger partial charge in [0.2, 0.25) is 0 Å². The van der Waals surface area contributed by atoms with Crippen LogP contribution in [0.2, 0.25) is 5.02 Å². The molecule has 0 aliphatic rings. The Morgan fingerprint density at radius 2 is 1.84 bits per heavy atom. The number of rotatable bonds is 7. The van der Waals surface area contributed by atoms with Crippen molar-refractivity contribution < 1.29 is 13.9 Å². The van der Waals surface area contributed by atoms with Gasteiger partial charge < -0.3 is 10.1 Å². The Morgan fingerprint density at radius 1 is 1.03 bits per heavy atom. The average molecular weight is 436 g/mol. The smallest absolute Gasteiger partial charge is 0.255 e. The fourth-order valence-electron chi connectivity index (χ4n) is 3.02. The molecule has 0 unspecified atom stereocenters. The second-order valence-corrected chi connectivity index (χ2v) is 7.33. The number of ether oxygens (including phenoxy) is 1. The number of benzene rings is 3. The Hall–Kier alpha value is -3.64. The number of para-hydroxylation sites is 1. The summed E-state index contributed by atoms with van der Waals surface area (Å²) in [5, 5.41) is 7.62. The van der Waals surface area contributed by atoms with Crippen LogP contribution < -0.4 is 10.1 Å². The third-order valence-corrected chi connectivity index (χ3v) is 4.88. The zero-order valence-corrected chi connectivity index (χ0v) is 17.2. The summed E-state index contributed by atoms with van der Waals surface area (Å²) < 4.78 is 20.5. The lowest BCUT2D eigenvalue weighted by Gasteiger charge is -2.09. The second-order valence-electron chi connectivity index (χ2n) is 6.93. The molecule has 7 heteroatoms. The van der Waals surface area contributed by atoms with Gasteiger partial charge >= 0.3 is 0 Å². The number of carbonyl (C=O) groups is 1. The molecule has 0 saturated heterocycles. The molecule has 1 amide bonds. The standard InChI is InChI=1S/C24H19ClFN3O2/c25-22-6-1-2-7-23(22)31-16-18-4-3-5-19(12-18)24(30)28-21-13-27-29(15-21)14-17-8-10-20(26)11-9-17/h1-13,15H,14,16H2,(H,28,30). The van der Waals surface area contributed by atoms with E-state index in [1.165, 1.54) is 12.1 Å². The first-order valence-corrected chi connectivity index (χ1v) is 9.99. The van der Waals surface area contributed by atoms with Crippen molar-refractivity contribution in [3.05, 3.63) is 113 Å². The first kappa shape index (κ1) is 20.6. The molecule has 1 N–H and O–H groups in total. The highest BCUT2D eigenvalue weighted by Gasteiger charge is 2.09. The van der Waals surface area contributed by atoms with Gasteiger partial charge in [0.1, 0.15) is 18.2 Å². The van der Waals surface area contributed by atoms with Gasteiger partial charge in [-0.05, 0) is 47.5 Å². The summed E-state index contributed by atoms with van der Waals surface area (Å²) in [5.74, 6) is 0.0604. The van der Waals surface area contributed by atoms with Crippen molar-refractivity contribution >= 4 is 23.2 Å². The predicted octanol–water partition coefficient (Wildman–Crippen LogP) is 5.56. The molecule has 5 nitrogen and oxygen atoms in total. The van der Waals surface area contributed by atoms with Gasteiger partial charge in [0, 0.05) is 11.8 Å². The summed E-state index contributed by atoms with van der Waals surface area (Å²) >= 11 is 6.11. The molecule has 3 aromatic carbocycles. The van der Waals surface area contributed by atoms with Gasteiger partial charge in [0.05, 0.1) is 23.5 Å². The Kier molecular flexibility index (Phi) is 6.29. The first-order chi connectivity index (χ1) is 15.1. The number of hydrogen-bond donors (Lipinski definition) is 1. The first-order valence-electron chi connectivity index (χ1n) is 9.61. The Bertz CT molecular complexity index is 1190. The highest BCUT2D eigenvalue weighted by molar-refractivity contribution is 6.32. The zero-order valence-electron chi connectivity index (χ0n) is 16.5. The van der Waals surface area contributed by atoms with Crippen LogP contribution in [-0.2, 0) is 13.2 Å². The normalized spacial score (nSPS) is 10.6. The molecular weight excluding hydrogens is 417 g/mol. The Balaban J connectivity index is 1.37. The van der Waals surface area contributed by atoms with Crippen LogP contribution in [0.1, 0.15) is 21.5 Å². The second kappa shape index (κ2) is 9.45. The minimum atomic E-state index is -0.281. The van der Waals surface area contributed by atoms with E-state index in [0.29, 0.717) is 35.2 Å². The Morgan fingerprint density at radius 3 is 2.65 bits per heavy atom. The van der Waals surface area contributed by atoms with Gasteiger partial charge in [-0.25, -0.2) is 4.39 Å². The number of halogens is 2. The summed E-state index contributed by atoms with van der Waals surface area (Å²) in [7, 11) is 0. The van der Waals surface area contributed by atoms with Crippen molar-refractivity contribution in [1.82, 2.24) is 9.78 Å². The maximum Gasteiger partial charge on any atom is 0.255 e. The average Bonchev–Trinajstić information content (AvgIpc) is 3.21. The lowest BCUT2D eigenvalue weighted by Crippen LogP contribution is -2.12. The Labute approximate surface area is 184 Å². The lowest BCUT2D eigenvalue weighted by atomic mass is 10.1. The van der Waals surface area contributed by atoms with Crippen LogP contribution in [0.25, 0.3) is 0 Å². The van der Waals surface area contributed by atoms with E-state index in [0.717, 1.165) is 11.1 Å². The summed E-state index contributed by atoms with van der Waals surface area (Å²) in [6.07, 6.45) is 3.30. The van der Waals surface area contributed by atoms with E-state index in [9.17, 15) is 9.18 Å². The third-order valence-electron chi connectivity index (χ3n) is 4.57. The minimum Gasteiger partial charge on any atom is -0.487 e. The molecule has 156 valence electrons.